The Bertz CT molecular complexity index is 1010. The summed E-state index contributed by atoms with van der Waals surface area (Å²) in [6.45, 7) is 1.17. The van der Waals surface area contributed by atoms with Gasteiger partial charge in [0.1, 0.15) is 5.82 Å². The molecule has 0 unspecified atom stereocenters. The highest BCUT2D eigenvalue weighted by atomic mass is 35.5. The third kappa shape index (κ3) is 5.67. The van der Waals surface area contributed by atoms with E-state index in [1.165, 1.54) is 55.3 Å². The summed E-state index contributed by atoms with van der Waals surface area (Å²) in [5, 5.41) is 2.70. The maximum absolute atomic E-state index is 14.0. The van der Waals surface area contributed by atoms with E-state index in [9.17, 15) is 22.4 Å². The quantitative estimate of drug-likeness (QED) is 0.740. The highest BCUT2D eigenvalue weighted by Gasteiger charge is 2.21. The second-order valence-electron chi connectivity index (χ2n) is 6.18. The second kappa shape index (κ2) is 8.57. The Morgan fingerprint density at radius 1 is 1.21 bits per heavy atom. The van der Waals surface area contributed by atoms with E-state index >= 15 is 0 Å². The summed E-state index contributed by atoms with van der Waals surface area (Å²) in [5.74, 6) is -1.50. The van der Waals surface area contributed by atoms with Crippen LogP contribution < -0.4 is 10.0 Å². The van der Waals surface area contributed by atoms with Gasteiger partial charge in [-0.2, -0.15) is 0 Å². The van der Waals surface area contributed by atoms with Gasteiger partial charge >= 0.3 is 0 Å². The summed E-state index contributed by atoms with van der Waals surface area (Å²) in [4.78, 5) is 25.4. The molecule has 2 N–H and O–H groups in total. The molecule has 0 spiro atoms. The van der Waals surface area contributed by atoms with Crippen LogP contribution in [0.1, 0.15) is 22.8 Å². The zero-order valence-electron chi connectivity index (χ0n) is 15.4. The molecule has 2 aromatic rings. The first-order chi connectivity index (χ1) is 13.0. The predicted molar refractivity (Wildman–Crippen MR) is 106 cm³/mol. The molecule has 0 saturated carbocycles. The van der Waals surface area contributed by atoms with E-state index in [0.717, 1.165) is 6.26 Å². The van der Waals surface area contributed by atoms with E-state index in [0.29, 0.717) is 5.69 Å². The number of carbonyl (C=O) groups is 2. The van der Waals surface area contributed by atoms with E-state index in [2.05, 4.69) is 10.0 Å². The van der Waals surface area contributed by atoms with Gasteiger partial charge < -0.3 is 10.2 Å². The van der Waals surface area contributed by atoms with Crippen LogP contribution in [-0.2, 0) is 21.4 Å². The van der Waals surface area contributed by atoms with Gasteiger partial charge in [0.15, 0.2) is 0 Å². The number of halogens is 2. The fourth-order valence-corrected chi connectivity index (χ4v) is 3.29. The highest BCUT2D eigenvalue weighted by molar-refractivity contribution is 7.92. The van der Waals surface area contributed by atoms with Crippen LogP contribution in [0.4, 0.5) is 15.8 Å². The lowest BCUT2D eigenvalue weighted by Crippen LogP contribution is -2.28. The van der Waals surface area contributed by atoms with Crippen molar-refractivity contribution in [2.24, 2.45) is 0 Å². The van der Waals surface area contributed by atoms with Crippen molar-refractivity contribution >= 4 is 44.8 Å². The molecule has 0 radical (unpaired) electrons. The van der Waals surface area contributed by atoms with Crippen molar-refractivity contribution in [3.8, 4) is 0 Å². The molecule has 2 amide bonds. The molecule has 2 aromatic carbocycles. The van der Waals surface area contributed by atoms with Crippen molar-refractivity contribution < 1.29 is 22.4 Å². The molecule has 0 aliphatic rings. The summed E-state index contributed by atoms with van der Waals surface area (Å²) in [6, 6.07) is 8.35. The minimum absolute atomic E-state index is 0.00774. The largest absolute Gasteiger partial charge is 0.337 e. The van der Waals surface area contributed by atoms with Crippen LogP contribution >= 0.6 is 11.6 Å². The van der Waals surface area contributed by atoms with Gasteiger partial charge in [-0.1, -0.05) is 17.7 Å². The average Bonchev–Trinajstić information content (AvgIpc) is 2.57. The van der Waals surface area contributed by atoms with Crippen LogP contribution in [0, 0.1) is 5.82 Å². The standard InChI is InChI=1S/C18H19ClFN3O4S/c1-11(24)21-12-7-8-17(22-28(3,26)27)13(9-12)18(25)23(2)10-14-15(19)5-4-6-16(14)20/h4-9,22H,10H2,1-3H3,(H,21,24). The first-order valence-corrected chi connectivity index (χ1v) is 10.3. The number of hydrogen-bond donors (Lipinski definition) is 2. The molecule has 2 rings (SSSR count). The highest BCUT2D eigenvalue weighted by Crippen LogP contribution is 2.25. The lowest BCUT2D eigenvalue weighted by Gasteiger charge is -2.21. The van der Waals surface area contributed by atoms with Gasteiger partial charge in [0.25, 0.3) is 5.91 Å². The number of nitrogens with zero attached hydrogens (tertiary/aromatic N) is 1. The fraction of sp³-hybridized carbons (Fsp3) is 0.222. The lowest BCUT2D eigenvalue weighted by atomic mass is 10.1. The molecule has 10 heteroatoms. The maximum Gasteiger partial charge on any atom is 0.256 e. The van der Waals surface area contributed by atoms with Crippen molar-refractivity contribution in [2.45, 2.75) is 13.5 Å². The second-order valence-corrected chi connectivity index (χ2v) is 8.33. The molecule has 0 aliphatic heterocycles. The molecule has 150 valence electrons. The summed E-state index contributed by atoms with van der Waals surface area (Å²) >= 11 is 6.01. The van der Waals surface area contributed by atoms with Gasteiger partial charge in [-0.05, 0) is 30.3 Å². The number of carbonyl (C=O) groups excluding carboxylic acids is 2. The molecule has 0 atom stereocenters. The maximum atomic E-state index is 14.0. The third-order valence-electron chi connectivity index (χ3n) is 3.67. The van der Waals surface area contributed by atoms with E-state index in [1.54, 1.807) is 0 Å². The van der Waals surface area contributed by atoms with Gasteiger partial charge in [-0.25, -0.2) is 12.8 Å². The van der Waals surface area contributed by atoms with Crippen LogP contribution in [0.5, 0.6) is 0 Å². The number of amides is 2. The molecular formula is C18H19ClFN3O4S. The first-order valence-electron chi connectivity index (χ1n) is 8.05. The van der Waals surface area contributed by atoms with Crippen LogP contribution in [0.25, 0.3) is 0 Å². The first kappa shape index (κ1) is 21.6. The van der Waals surface area contributed by atoms with Crippen LogP contribution in [0.15, 0.2) is 36.4 Å². The molecule has 0 heterocycles. The Balaban J connectivity index is 2.41. The molecule has 0 aliphatic carbocycles. The summed E-state index contributed by atoms with van der Waals surface area (Å²) < 4.78 is 39.5. The minimum atomic E-state index is -3.66. The number of sulfonamides is 1. The Morgan fingerprint density at radius 3 is 2.46 bits per heavy atom. The number of rotatable bonds is 6. The van der Waals surface area contributed by atoms with Gasteiger partial charge in [0.2, 0.25) is 15.9 Å². The van der Waals surface area contributed by atoms with Gasteiger partial charge in [-0.15, -0.1) is 0 Å². The van der Waals surface area contributed by atoms with Crippen molar-refractivity contribution in [1.82, 2.24) is 4.90 Å². The summed E-state index contributed by atoms with van der Waals surface area (Å²) in [6.07, 6.45) is 0.950. The Labute approximate surface area is 167 Å². The van der Waals surface area contributed by atoms with Gasteiger partial charge in [0.05, 0.1) is 17.5 Å². The van der Waals surface area contributed by atoms with Gasteiger partial charge in [0, 0.05) is 36.8 Å². The van der Waals surface area contributed by atoms with Crippen molar-refractivity contribution in [3.05, 3.63) is 58.4 Å². The number of hydrogen-bond acceptors (Lipinski definition) is 4. The van der Waals surface area contributed by atoms with Crippen molar-refractivity contribution in [1.29, 1.82) is 0 Å². The van der Waals surface area contributed by atoms with E-state index in [-0.39, 0.29) is 34.3 Å². The summed E-state index contributed by atoms with van der Waals surface area (Å²) in [7, 11) is -2.23. The summed E-state index contributed by atoms with van der Waals surface area (Å²) in [5.41, 5.74) is 0.475. The Hall–Kier alpha value is -2.65. The number of anilines is 2. The van der Waals surface area contributed by atoms with Gasteiger partial charge in [-0.3, -0.25) is 14.3 Å². The van der Waals surface area contributed by atoms with E-state index < -0.39 is 21.7 Å². The van der Waals surface area contributed by atoms with E-state index in [4.69, 9.17) is 11.6 Å². The monoisotopic (exact) mass is 427 g/mol. The fourth-order valence-electron chi connectivity index (χ4n) is 2.49. The SMILES string of the molecule is CC(=O)Nc1ccc(NS(C)(=O)=O)c(C(=O)N(C)Cc2c(F)cccc2Cl)c1. The smallest absolute Gasteiger partial charge is 0.256 e. The predicted octanol–water partition coefficient (Wildman–Crippen LogP) is 3.08. The lowest BCUT2D eigenvalue weighted by molar-refractivity contribution is -0.114. The Morgan fingerprint density at radius 2 is 1.89 bits per heavy atom. The molecular weight excluding hydrogens is 409 g/mol. The molecule has 0 saturated heterocycles. The molecule has 0 fully saturated rings. The van der Waals surface area contributed by atoms with Crippen LogP contribution in [0.3, 0.4) is 0 Å². The number of benzene rings is 2. The van der Waals surface area contributed by atoms with Crippen LogP contribution in [0.2, 0.25) is 5.02 Å². The normalized spacial score (nSPS) is 11.0. The van der Waals surface area contributed by atoms with E-state index in [1.807, 2.05) is 0 Å². The van der Waals surface area contributed by atoms with Crippen LogP contribution in [-0.4, -0.2) is 38.4 Å². The Kier molecular flexibility index (Phi) is 6.63. The third-order valence-corrected chi connectivity index (χ3v) is 4.61. The van der Waals surface area contributed by atoms with Crippen molar-refractivity contribution in [3.63, 3.8) is 0 Å². The zero-order chi connectivity index (χ0) is 21.1. The van der Waals surface area contributed by atoms with Crippen molar-refractivity contribution in [2.75, 3.05) is 23.3 Å². The molecule has 0 bridgehead atoms. The molecule has 7 nitrogen and oxygen atoms in total. The molecule has 28 heavy (non-hydrogen) atoms. The topological polar surface area (TPSA) is 95.6 Å². The molecule has 0 aromatic heterocycles. The number of nitrogens with one attached hydrogen (secondary N) is 2. The minimum Gasteiger partial charge on any atom is -0.337 e. The average molecular weight is 428 g/mol. The zero-order valence-corrected chi connectivity index (χ0v) is 17.0.